The molecule has 1 aromatic rings. The standard InChI is InChI=1S/C12H17N3O2S2/c1-17-12(16)10-4-8(13)5-14-11(10)15-6-9-7-18-2-3-19-9/h4-5,9H,2-3,6-7,13H2,1H3,(H,14,15). The number of anilines is 2. The van der Waals surface area contributed by atoms with Crippen LogP contribution in [0.15, 0.2) is 12.3 Å². The zero-order chi connectivity index (χ0) is 13.7. The van der Waals surface area contributed by atoms with Crippen LogP contribution in [0.5, 0.6) is 0 Å². The first-order valence-electron chi connectivity index (χ1n) is 5.97. The lowest BCUT2D eigenvalue weighted by Gasteiger charge is -2.21. The Morgan fingerprint density at radius 3 is 3.16 bits per heavy atom. The molecule has 2 rings (SSSR count). The van der Waals surface area contributed by atoms with Gasteiger partial charge >= 0.3 is 5.97 Å². The maximum absolute atomic E-state index is 11.7. The Morgan fingerprint density at radius 2 is 2.47 bits per heavy atom. The average molecular weight is 299 g/mol. The van der Waals surface area contributed by atoms with Gasteiger partial charge in [-0.25, -0.2) is 9.78 Å². The van der Waals surface area contributed by atoms with Crippen LogP contribution in [0.2, 0.25) is 0 Å². The van der Waals surface area contributed by atoms with Crippen LogP contribution in [0, 0.1) is 0 Å². The molecule has 3 N–H and O–H groups in total. The number of hydrogen-bond donors (Lipinski definition) is 2. The van der Waals surface area contributed by atoms with E-state index >= 15 is 0 Å². The van der Waals surface area contributed by atoms with E-state index in [1.165, 1.54) is 24.8 Å². The lowest BCUT2D eigenvalue weighted by Crippen LogP contribution is -2.24. The summed E-state index contributed by atoms with van der Waals surface area (Å²) in [6.07, 6.45) is 1.54. The van der Waals surface area contributed by atoms with Crippen LogP contribution in [0.4, 0.5) is 11.5 Å². The molecular formula is C12H17N3O2S2. The van der Waals surface area contributed by atoms with Crippen molar-refractivity contribution in [2.45, 2.75) is 5.25 Å². The van der Waals surface area contributed by atoms with Crippen molar-refractivity contribution in [1.82, 2.24) is 4.98 Å². The SMILES string of the molecule is COC(=O)c1cc(N)cnc1NCC1CSCCS1. The third kappa shape index (κ3) is 3.94. The summed E-state index contributed by atoms with van der Waals surface area (Å²) in [5, 5.41) is 3.77. The number of hydrogen-bond acceptors (Lipinski definition) is 7. The number of aromatic nitrogens is 1. The number of methoxy groups -OCH3 is 1. The third-order valence-electron chi connectivity index (χ3n) is 2.70. The number of nitrogens with one attached hydrogen (secondary N) is 1. The van der Waals surface area contributed by atoms with Crippen molar-refractivity contribution in [3.63, 3.8) is 0 Å². The molecule has 5 nitrogen and oxygen atoms in total. The molecule has 0 aromatic carbocycles. The van der Waals surface area contributed by atoms with Crippen LogP contribution in [0.25, 0.3) is 0 Å². The topological polar surface area (TPSA) is 77.2 Å². The molecule has 0 radical (unpaired) electrons. The number of nitrogens with two attached hydrogens (primary N) is 1. The fraction of sp³-hybridized carbons (Fsp3) is 0.500. The van der Waals surface area contributed by atoms with Crippen LogP contribution in [0.1, 0.15) is 10.4 Å². The number of carbonyl (C=O) groups excluding carboxylic acids is 1. The Hall–Kier alpha value is -1.08. The summed E-state index contributed by atoms with van der Waals surface area (Å²) < 4.78 is 4.74. The van der Waals surface area contributed by atoms with Gasteiger partial charge in [0.15, 0.2) is 0 Å². The van der Waals surface area contributed by atoms with Crippen LogP contribution >= 0.6 is 23.5 Å². The number of carbonyl (C=O) groups is 1. The Morgan fingerprint density at radius 1 is 1.63 bits per heavy atom. The van der Waals surface area contributed by atoms with E-state index in [1.54, 1.807) is 6.07 Å². The predicted octanol–water partition coefficient (Wildman–Crippen LogP) is 1.71. The van der Waals surface area contributed by atoms with Gasteiger partial charge in [-0.3, -0.25) is 0 Å². The van der Waals surface area contributed by atoms with E-state index in [9.17, 15) is 4.79 Å². The second kappa shape index (κ2) is 6.91. The molecule has 1 fully saturated rings. The highest BCUT2D eigenvalue weighted by Gasteiger charge is 2.17. The van der Waals surface area contributed by atoms with E-state index in [-0.39, 0.29) is 0 Å². The van der Waals surface area contributed by atoms with E-state index in [0.717, 1.165) is 12.3 Å². The maximum atomic E-state index is 11.7. The first-order chi connectivity index (χ1) is 9.20. The molecule has 1 aliphatic rings. The number of esters is 1. The second-order valence-corrected chi connectivity index (χ2v) is 6.66. The quantitative estimate of drug-likeness (QED) is 0.819. The molecule has 0 bridgehead atoms. The highest BCUT2D eigenvalue weighted by molar-refractivity contribution is 8.06. The first kappa shape index (κ1) is 14.3. The lowest BCUT2D eigenvalue weighted by atomic mass is 10.2. The molecule has 1 saturated heterocycles. The lowest BCUT2D eigenvalue weighted by molar-refractivity contribution is 0.0601. The highest BCUT2D eigenvalue weighted by Crippen LogP contribution is 2.25. The molecule has 0 amide bonds. The zero-order valence-corrected chi connectivity index (χ0v) is 12.4. The van der Waals surface area contributed by atoms with Gasteiger partial charge in [-0.15, -0.1) is 0 Å². The Kier molecular flexibility index (Phi) is 5.21. The van der Waals surface area contributed by atoms with E-state index in [2.05, 4.69) is 10.3 Å². The molecule has 1 atom stereocenters. The van der Waals surface area contributed by atoms with Crippen molar-refractivity contribution in [3.8, 4) is 0 Å². The van der Waals surface area contributed by atoms with E-state index in [0.29, 0.717) is 22.3 Å². The molecule has 104 valence electrons. The largest absolute Gasteiger partial charge is 0.465 e. The minimum absolute atomic E-state index is 0.385. The molecular weight excluding hydrogens is 282 g/mol. The number of rotatable bonds is 4. The van der Waals surface area contributed by atoms with Crippen molar-refractivity contribution in [1.29, 1.82) is 0 Å². The number of nitrogen functional groups attached to an aromatic ring is 1. The number of thioether (sulfide) groups is 2. The second-order valence-electron chi connectivity index (χ2n) is 4.11. The molecule has 0 saturated carbocycles. The number of ether oxygens (including phenoxy) is 1. The number of pyridine rings is 1. The summed E-state index contributed by atoms with van der Waals surface area (Å²) in [7, 11) is 1.35. The summed E-state index contributed by atoms with van der Waals surface area (Å²) in [5.74, 6) is 3.63. The van der Waals surface area contributed by atoms with Gasteiger partial charge in [0.05, 0.1) is 19.0 Å². The van der Waals surface area contributed by atoms with Gasteiger partial charge in [0.2, 0.25) is 0 Å². The first-order valence-corrected chi connectivity index (χ1v) is 8.18. The van der Waals surface area contributed by atoms with E-state index < -0.39 is 5.97 Å². The van der Waals surface area contributed by atoms with Crippen LogP contribution < -0.4 is 11.1 Å². The average Bonchev–Trinajstić information content (AvgIpc) is 2.46. The van der Waals surface area contributed by atoms with Gasteiger partial charge in [0, 0.05) is 29.1 Å². The van der Waals surface area contributed by atoms with Gasteiger partial charge in [-0.05, 0) is 6.07 Å². The van der Waals surface area contributed by atoms with Gasteiger partial charge in [-0.1, -0.05) is 0 Å². The van der Waals surface area contributed by atoms with Gasteiger partial charge < -0.3 is 15.8 Å². The molecule has 0 spiro atoms. The molecule has 1 aliphatic heterocycles. The van der Waals surface area contributed by atoms with E-state index in [1.807, 2.05) is 23.5 Å². The molecule has 2 heterocycles. The summed E-state index contributed by atoms with van der Waals surface area (Å²) in [6, 6.07) is 1.59. The van der Waals surface area contributed by atoms with Crippen molar-refractivity contribution in [2.24, 2.45) is 0 Å². The smallest absolute Gasteiger partial charge is 0.341 e. The Labute approximate surface area is 121 Å². The predicted molar refractivity (Wildman–Crippen MR) is 82.0 cm³/mol. The third-order valence-corrected chi connectivity index (χ3v) is 5.54. The summed E-state index contributed by atoms with van der Waals surface area (Å²) in [6.45, 7) is 0.790. The molecule has 19 heavy (non-hydrogen) atoms. The van der Waals surface area contributed by atoms with Crippen LogP contribution in [-0.4, -0.2) is 47.1 Å². The maximum Gasteiger partial charge on any atom is 0.341 e. The van der Waals surface area contributed by atoms with Crippen molar-refractivity contribution >= 4 is 41.0 Å². The minimum atomic E-state index is -0.423. The Bertz CT molecular complexity index is 451. The van der Waals surface area contributed by atoms with Crippen LogP contribution in [-0.2, 0) is 4.74 Å². The fourth-order valence-electron chi connectivity index (χ4n) is 1.75. The summed E-state index contributed by atoms with van der Waals surface area (Å²) in [5.41, 5.74) is 6.49. The van der Waals surface area contributed by atoms with E-state index in [4.69, 9.17) is 10.5 Å². The molecule has 7 heteroatoms. The molecule has 1 unspecified atom stereocenters. The van der Waals surface area contributed by atoms with Gasteiger partial charge in [0.25, 0.3) is 0 Å². The zero-order valence-electron chi connectivity index (χ0n) is 10.7. The van der Waals surface area contributed by atoms with Crippen molar-refractivity contribution < 1.29 is 9.53 Å². The Balaban J connectivity index is 2.04. The van der Waals surface area contributed by atoms with Crippen molar-refractivity contribution in [2.75, 3.05) is 42.0 Å². The monoisotopic (exact) mass is 299 g/mol. The fourth-order valence-corrected chi connectivity index (χ4v) is 4.36. The minimum Gasteiger partial charge on any atom is -0.465 e. The van der Waals surface area contributed by atoms with Gasteiger partial charge in [0.1, 0.15) is 11.4 Å². The van der Waals surface area contributed by atoms with Gasteiger partial charge in [-0.2, -0.15) is 23.5 Å². The molecule has 1 aromatic heterocycles. The normalized spacial score (nSPS) is 18.9. The van der Waals surface area contributed by atoms with Crippen molar-refractivity contribution in [3.05, 3.63) is 17.8 Å². The number of nitrogens with zero attached hydrogens (tertiary/aromatic N) is 1. The summed E-state index contributed by atoms with van der Waals surface area (Å²) >= 11 is 3.92. The highest BCUT2D eigenvalue weighted by atomic mass is 32.2. The molecule has 0 aliphatic carbocycles. The summed E-state index contributed by atoms with van der Waals surface area (Å²) in [4.78, 5) is 15.8. The van der Waals surface area contributed by atoms with Crippen LogP contribution in [0.3, 0.4) is 0 Å².